The van der Waals surface area contributed by atoms with Gasteiger partial charge >= 0.3 is 106 Å². The SMILES string of the molecule is FC(F)(F)C(F)(F)C(F)(F)C(F)(F)C(F)(F)C(F)(F)C(F)(F)C(F)(F)C(F)(F)C(F)(F)C(F)(F)C(F)(F)C(F)(F)C(F)(F)C(F)(F)C(F)(F)C(F)(Cl)C(F)(F)Cl. The van der Waals surface area contributed by atoms with E-state index in [1.807, 2.05) is 0 Å². The van der Waals surface area contributed by atoms with Gasteiger partial charge < -0.3 is 0 Å². The Morgan fingerprint density at radius 3 is 0.375 bits per heavy atom. The molecule has 0 aliphatic carbocycles. The highest BCUT2D eigenvalue weighted by Gasteiger charge is 3.02. The van der Waals surface area contributed by atoms with Crippen molar-refractivity contribution in [2.45, 2.75) is 106 Å². The molecule has 1 atom stereocenters. The van der Waals surface area contributed by atoms with Crippen LogP contribution in [0.15, 0.2) is 0 Å². The van der Waals surface area contributed by atoms with Gasteiger partial charge in [-0.05, 0) is 11.6 Å². The molecule has 0 aromatic rings. The maximum Gasteiger partial charge on any atom is 0.460 e. The smallest absolute Gasteiger partial charge is 0.211 e. The molecule has 0 fully saturated rings. The van der Waals surface area contributed by atoms with Crippen molar-refractivity contribution in [3.63, 3.8) is 0 Å². The maximum atomic E-state index is 13.9. The first-order valence-electron chi connectivity index (χ1n) is 11.4. The number of hydrogen-bond acceptors (Lipinski definition) is 0. The van der Waals surface area contributed by atoms with Crippen LogP contribution in [-0.2, 0) is 0 Å². The van der Waals surface area contributed by atoms with Gasteiger partial charge in [0.05, 0.1) is 0 Å². The summed E-state index contributed by atoms with van der Waals surface area (Å²) in [7, 11) is 0. The van der Waals surface area contributed by atoms with Crippen molar-refractivity contribution < 1.29 is 158 Å². The molecule has 0 bridgehead atoms. The Morgan fingerprint density at radius 2 is 0.268 bits per heavy atom. The van der Waals surface area contributed by atoms with Gasteiger partial charge in [-0.2, -0.15) is 154 Å². The Labute approximate surface area is 288 Å². The highest BCUT2D eigenvalue weighted by atomic mass is 35.5. The van der Waals surface area contributed by atoms with Crippen molar-refractivity contribution in [1.29, 1.82) is 0 Å². The fourth-order valence-corrected chi connectivity index (χ4v) is 3.35. The molecule has 0 aliphatic rings. The van der Waals surface area contributed by atoms with Crippen LogP contribution in [0.4, 0.5) is 158 Å². The molecule has 0 N–H and O–H groups in total. The fourth-order valence-electron chi connectivity index (χ4n) is 3.12. The van der Waals surface area contributed by atoms with Crippen LogP contribution in [0.3, 0.4) is 0 Å². The molecule has 1 unspecified atom stereocenters. The Hall–Kier alpha value is -1.94. The summed E-state index contributed by atoms with van der Waals surface area (Å²) < 4.78 is 484. The summed E-state index contributed by atoms with van der Waals surface area (Å²) >= 11 is 6.73. The quantitative estimate of drug-likeness (QED) is 0.107. The zero-order valence-electron chi connectivity index (χ0n) is 23.4. The normalized spacial score (nSPS) is 18.3. The molecule has 338 valence electrons. The zero-order valence-corrected chi connectivity index (χ0v) is 24.9. The molecule has 0 saturated carbocycles. The van der Waals surface area contributed by atoms with E-state index in [2.05, 4.69) is 23.2 Å². The van der Waals surface area contributed by atoms with E-state index in [0.29, 0.717) is 0 Å². The number of hydrogen-bond donors (Lipinski definition) is 0. The van der Waals surface area contributed by atoms with Gasteiger partial charge in [-0.1, -0.05) is 11.6 Å². The molecule has 0 aromatic carbocycles. The van der Waals surface area contributed by atoms with Gasteiger partial charge in [0.2, 0.25) is 0 Å². The minimum Gasteiger partial charge on any atom is -0.211 e. The van der Waals surface area contributed by atoms with Gasteiger partial charge in [-0.3, -0.25) is 0 Å². The Balaban J connectivity index is 7.85. The first-order chi connectivity index (χ1) is 23.2. The fraction of sp³-hybridized carbons (Fsp3) is 1.00. The lowest BCUT2D eigenvalue weighted by molar-refractivity contribution is -0.491. The summed E-state index contributed by atoms with van der Waals surface area (Å²) in [6.07, 6.45) is -8.45. The third-order valence-electron chi connectivity index (χ3n) is 6.63. The molecule has 0 saturated heterocycles. The van der Waals surface area contributed by atoms with Crippen molar-refractivity contribution in [3.05, 3.63) is 0 Å². The van der Waals surface area contributed by atoms with E-state index in [-0.39, 0.29) is 0 Å². The van der Waals surface area contributed by atoms with Gasteiger partial charge in [0.1, 0.15) is 0 Å². The van der Waals surface area contributed by atoms with Crippen LogP contribution in [0, 0.1) is 0 Å². The maximum absolute atomic E-state index is 13.9. The third-order valence-corrected chi connectivity index (χ3v) is 7.46. The number of halogens is 38. The van der Waals surface area contributed by atoms with Gasteiger partial charge in [0.25, 0.3) is 0 Å². The van der Waals surface area contributed by atoms with Crippen LogP contribution in [0.25, 0.3) is 0 Å². The summed E-state index contributed by atoms with van der Waals surface area (Å²) in [6.45, 7) is 0. The van der Waals surface area contributed by atoms with E-state index >= 15 is 0 Å². The van der Waals surface area contributed by atoms with Gasteiger partial charge in [0, 0.05) is 0 Å². The molecule has 0 aromatic heterocycles. The second-order valence-electron chi connectivity index (χ2n) is 10.2. The van der Waals surface area contributed by atoms with Gasteiger partial charge in [-0.15, -0.1) is 0 Å². The predicted molar refractivity (Wildman–Crippen MR) is 101 cm³/mol. The molecular weight excluding hydrogens is 971 g/mol. The minimum atomic E-state index is -10.4. The number of rotatable bonds is 16. The summed E-state index contributed by atoms with van der Waals surface area (Å²) in [5.41, 5.74) is 0. The molecule has 0 rings (SSSR count). The molecule has 56 heavy (non-hydrogen) atoms. The van der Waals surface area contributed by atoms with E-state index in [1.165, 1.54) is 0 Å². The van der Waals surface area contributed by atoms with E-state index < -0.39 is 106 Å². The molecule has 0 amide bonds. The topological polar surface area (TPSA) is 0 Å². The highest BCUT2D eigenvalue weighted by molar-refractivity contribution is 6.33. The Morgan fingerprint density at radius 1 is 0.161 bits per heavy atom. The molecule has 38 heteroatoms. The van der Waals surface area contributed by atoms with Crippen LogP contribution >= 0.6 is 23.2 Å². The molecule has 0 aliphatic heterocycles. The zero-order chi connectivity index (χ0) is 47.0. The van der Waals surface area contributed by atoms with Crippen molar-refractivity contribution >= 4 is 23.2 Å². The largest absolute Gasteiger partial charge is 0.460 e. The van der Waals surface area contributed by atoms with Gasteiger partial charge in [-0.25, -0.2) is 4.39 Å². The van der Waals surface area contributed by atoms with Crippen LogP contribution < -0.4 is 0 Å². The molecule has 0 radical (unpaired) electrons. The van der Waals surface area contributed by atoms with Crippen LogP contribution in [0.1, 0.15) is 0 Å². The van der Waals surface area contributed by atoms with E-state index in [4.69, 9.17) is 0 Å². The highest BCUT2D eigenvalue weighted by Crippen LogP contribution is 2.70. The third kappa shape index (κ3) is 5.95. The van der Waals surface area contributed by atoms with Crippen molar-refractivity contribution in [2.24, 2.45) is 0 Å². The molecule has 0 heterocycles. The van der Waals surface area contributed by atoms with Gasteiger partial charge in [0.15, 0.2) is 0 Å². The van der Waals surface area contributed by atoms with Crippen molar-refractivity contribution in [2.75, 3.05) is 0 Å². The first kappa shape index (κ1) is 54.1. The van der Waals surface area contributed by atoms with Crippen molar-refractivity contribution in [3.8, 4) is 0 Å². The second-order valence-corrected chi connectivity index (χ2v) is 11.2. The van der Waals surface area contributed by atoms with Crippen LogP contribution in [0.2, 0.25) is 0 Å². The Bertz CT molecular complexity index is 1330. The number of alkyl halides is 38. The monoisotopic (exact) mass is 970 g/mol. The van der Waals surface area contributed by atoms with Crippen LogP contribution in [-0.4, -0.2) is 106 Å². The average molecular weight is 971 g/mol. The summed E-state index contributed by atoms with van der Waals surface area (Å²) in [5, 5.41) is -14.7. The van der Waals surface area contributed by atoms with Crippen molar-refractivity contribution in [1.82, 2.24) is 0 Å². The van der Waals surface area contributed by atoms with Crippen LogP contribution in [0.5, 0.6) is 0 Å². The molecule has 0 spiro atoms. The lowest BCUT2D eigenvalue weighted by atomic mass is 9.82. The molecule has 0 nitrogen and oxygen atoms in total. The molecular formula is C18Cl2F36. The lowest BCUT2D eigenvalue weighted by Gasteiger charge is -2.47. The average Bonchev–Trinajstić information content (AvgIpc) is 2.94. The Kier molecular flexibility index (Phi) is 12.3. The van der Waals surface area contributed by atoms with E-state index in [9.17, 15) is 158 Å². The second kappa shape index (κ2) is 12.8. The standard InChI is InChI=1S/C18Cl2F36/c19-1(21,17(20,52)53)2(22,23)3(24,25)4(26,27)5(28,29)6(30,31)7(32,33)8(34,35)9(36,37)10(38,39)11(40,41)12(42,43)13(44,45)14(46,47)15(48,49)16(50,51)18(54,55)56. The summed E-state index contributed by atoms with van der Waals surface area (Å²) in [5.74, 6) is -148. The van der Waals surface area contributed by atoms with E-state index in [1.54, 1.807) is 0 Å². The minimum absolute atomic E-state index is 3.35. The predicted octanol–water partition coefficient (Wildman–Crippen LogP) is 12.8. The summed E-state index contributed by atoms with van der Waals surface area (Å²) in [4.78, 5) is 0. The van der Waals surface area contributed by atoms with E-state index in [0.717, 1.165) is 0 Å². The summed E-state index contributed by atoms with van der Waals surface area (Å²) in [6, 6.07) is 0. The first-order valence-corrected chi connectivity index (χ1v) is 12.2. The lowest BCUT2D eigenvalue weighted by Crippen LogP contribution is -2.80.